The predicted octanol–water partition coefficient (Wildman–Crippen LogP) is 3.60. The average Bonchev–Trinajstić information content (AvgIpc) is 2.67. The van der Waals surface area contributed by atoms with Gasteiger partial charge in [0.1, 0.15) is 10.0 Å². The number of hydrogen-bond acceptors (Lipinski definition) is 3. The van der Waals surface area contributed by atoms with E-state index < -0.39 is 0 Å². The maximum atomic E-state index is 5.68. The molecule has 0 aliphatic rings. The molecule has 1 heterocycles. The van der Waals surface area contributed by atoms with Crippen LogP contribution in [0.5, 0.6) is 0 Å². The first-order chi connectivity index (χ1) is 7.70. The van der Waals surface area contributed by atoms with Gasteiger partial charge in [-0.15, -0.1) is 21.8 Å². The third-order valence-corrected chi connectivity index (χ3v) is 3.59. The van der Waals surface area contributed by atoms with Gasteiger partial charge in [0.05, 0.1) is 0 Å². The Morgan fingerprint density at radius 1 is 1.25 bits per heavy atom. The molecule has 2 rings (SSSR count). The Morgan fingerprint density at radius 2 is 2.06 bits per heavy atom. The maximum Gasteiger partial charge on any atom is 0.148 e. The minimum Gasteiger partial charge on any atom is -0.143 e. The number of halogens is 1. The Labute approximate surface area is 104 Å². The van der Waals surface area contributed by atoms with E-state index in [0.717, 1.165) is 16.4 Å². The van der Waals surface area contributed by atoms with Crippen LogP contribution in [0.25, 0.3) is 10.6 Å². The highest BCUT2D eigenvalue weighted by Crippen LogP contribution is 2.27. The Balaban J connectivity index is 2.35. The summed E-state index contributed by atoms with van der Waals surface area (Å²) in [7, 11) is 0. The first kappa shape index (κ1) is 11.6. The number of hydrogen-bond donors (Lipinski definition) is 0. The topological polar surface area (TPSA) is 25.8 Å². The number of rotatable bonds is 3. The van der Waals surface area contributed by atoms with E-state index in [2.05, 4.69) is 42.2 Å². The molecule has 2 aromatic rings. The second kappa shape index (κ2) is 4.93. The Morgan fingerprint density at radius 3 is 2.75 bits per heavy atom. The SMILES string of the molecule is Cc1ccc(-c2nnc(CCCl)s2)c(C)c1. The van der Waals surface area contributed by atoms with Gasteiger partial charge in [-0.3, -0.25) is 0 Å². The van der Waals surface area contributed by atoms with Crippen molar-refractivity contribution in [1.82, 2.24) is 10.2 Å². The highest BCUT2D eigenvalue weighted by atomic mass is 35.5. The summed E-state index contributed by atoms with van der Waals surface area (Å²) in [6, 6.07) is 6.37. The summed E-state index contributed by atoms with van der Waals surface area (Å²) in [5.41, 5.74) is 3.68. The minimum absolute atomic E-state index is 0.599. The van der Waals surface area contributed by atoms with Crippen LogP contribution >= 0.6 is 22.9 Å². The molecule has 4 heteroatoms. The van der Waals surface area contributed by atoms with Crippen LogP contribution < -0.4 is 0 Å². The standard InChI is InChI=1S/C12H13ClN2S/c1-8-3-4-10(9(2)7-8)12-15-14-11(16-12)5-6-13/h3-4,7H,5-6H2,1-2H3. The van der Waals surface area contributed by atoms with E-state index in [9.17, 15) is 0 Å². The van der Waals surface area contributed by atoms with Crippen LogP contribution in [0.1, 0.15) is 16.1 Å². The fourth-order valence-electron chi connectivity index (χ4n) is 1.60. The number of benzene rings is 1. The maximum absolute atomic E-state index is 5.68. The second-order valence-corrected chi connectivity index (χ2v) is 5.20. The fourth-order valence-corrected chi connectivity index (χ4v) is 2.82. The van der Waals surface area contributed by atoms with Gasteiger partial charge in [-0.25, -0.2) is 0 Å². The molecule has 0 spiro atoms. The van der Waals surface area contributed by atoms with Crippen molar-refractivity contribution < 1.29 is 0 Å². The molecular weight excluding hydrogens is 240 g/mol. The number of nitrogens with zero attached hydrogens (tertiary/aromatic N) is 2. The predicted molar refractivity (Wildman–Crippen MR) is 69.2 cm³/mol. The highest BCUT2D eigenvalue weighted by molar-refractivity contribution is 7.14. The van der Waals surface area contributed by atoms with Crippen molar-refractivity contribution in [3.05, 3.63) is 34.3 Å². The van der Waals surface area contributed by atoms with Gasteiger partial charge in [0.2, 0.25) is 0 Å². The zero-order chi connectivity index (χ0) is 11.5. The van der Waals surface area contributed by atoms with Crippen molar-refractivity contribution in [3.63, 3.8) is 0 Å². The van der Waals surface area contributed by atoms with Gasteiger partial charge in [-0.05, 0) is 19.4 Å². The molecule has 84 valence electrons. The Hall–Kier alpha value is -0.930. The molecule has 0 aliphatic heterocycles. The van der Waals surface area contributed by atoms with E-state index in [4.69, 9.17) is 11.6 Å². The zero-order valence-corrected chi connectivity index (χ0v) is 10.9. The lowest BCUT2D eigenvalue weighted by Crippen LogP contribution is -1.84. The zero-order valence-electron chi connectivity index (χ0n) is 9.33. The lowest BCUT2D eigenvalue weighted by atomic mass is 10.1. The molecule has 0 amide bonds. The van der Waals surface area contributed by atoms with E-state index in [0.29, 0.717) is 5.88 Å². The molecule has 0 saturated carbocycles. The van der Waals surface area contributed by atoms with Gasteiger partial charge < -0.3 is 0 Å². The first-order valence-corrected chi connectivity index (χ1v) is 6.52. The van der Waals surface area contributed by atoms with Crippen LogP contribution in [-0.2, 0) is 6.42 Å². The summed E-state index contributed by atoms with van der Waals surface area (Å²) in [6.45, 7) is 4.20. The van der Waals surface area contributed by atoms with Crippen LogP contribution in [0.4, 0.5) is 0 Å². The monoisotopic (exact) mass is 252 g/mol. The molecule has 1 aromatic heterocycles. The summed E-state index contributed by atoms with van der Waals surface area (Å²) >= 11 is 7.31. The third kappa shape index (κ3) is 2.42. The Bertz CT molecular complexity index is 494. The van der Waals surface area contributed by atoms with Crippen LogP contribution in [0.3, 0.4) is 0 Å². The molecule has 0 unspecified atom stereocenters. The van der Waals surface area contributed by atoms with Gasteiger partial charge in [0, 0.05) is 17.9 Å². The van der Waals surface area contributed by atoms with Crippen LogP contribution in [0.15, 0.2) is 18.2 Å². The number of aryl methyl sites for hydroxylation is 3. The smallest absolute Gasteiger partial charge is 0.143 e. The summed E-state index contributed by atoms with van der Waals surface area (Å²) in [4.78, 5) is 0. The number of aromatic nitrogens is 2. The Kier molecular flexibility index (Phi) is 3.56. The number of alkyl halides is 1. The summed E-state index contributed by atoms with van der Waals surface area (Å²) in [5, 5.41) is 10.3. The van der Waals surface area contributed by atoms with E-state index in [1.165, 1.54) is 16.7 Å². The second-order valence-electron chi connectivity index (χ2n) is 3.76. The molecule has 0 saturated heterocycles. The molecule has 0 bridgehead atoms. The fraction of sp³-hybridized carbons (Fsp3) is 0.333. The molecule has 0 atom stereocenters. The van der Waals surface area contributed by atoms with Crippen molar-refractivity contribution in [2.24, 2.45) is 0 Å². The van der Waals surface area contributed by atoms with E-state index in [1.54, 1.807) is 11.3 Å². The molecule has 0 N–H and O–H groups in total. The summed E-state index contributed by atoms with van der Waals surface area (Å²) in [5.74, 6) is 0.599. The largest absolute Gasteiger partial charge is 0.148 e. The molecular formula is C12H13ClN2S. The first-order valence-electron chi connectivity index (χ1n) is 5.16. The summed E-state index contributed by atoms with van der Waals surface area (Å²) < 4.78 is 0. The lowest BCUT2D eigenvalue weighted by Gasteiger charge is -2.02. The van der Waals surface area contributed by atoms with E-state index in [1.807, 2.05) is 0 Å². The van der Waals surface area contributed by atoms with Crippen molar-refractivity contribution in [2.75, 3.05) is 5.88 Å². The molecule has 0 radical (unpaired) electrons. The van der Waals surface area contributed by atoms with Gasteiger partial charge in [0.15, 0.2) is 0 Å². The minimum atomic E-state index is 0.599. The summed E-state index contributed by atoms with van der Waals surface area (Å²) in [6.07, 6.45) is 0.796. The van der Waals surface area contributed by atoms with Crippen LogP contribution in [-0.4, -0.2) is 16.1 Å². The van der Waals surface area contributed by atoms with Gasteiger partial charge in [-0.1, -0.05) is 35.1 Å². The average molecular weight is 253 g/mol. The van der Waals surface area contributed by atoms with Crippen molar-refractivity contribution in [3.8, 4) is 10.6 Å². The van der Waals surface area contributed by atoms with Crippen molar-refractivity contribution in [1.29, 1.82) is 0 Å². The van der Waals surface area contributed by atoms with Crippen molar-refractivity contribution in [2.45, 2.75) is 20.3 Å². The lowest BCUT2D eigenvalue weighted by molar-refractivity contribution is 0.989. The molecule has 2 nitrogen and oxygen atoms in total. The molecule has 16 heavy (non-hydrogen) atoms. The normalized spacial score (nSPS) is 10.7. The van der Waals surface area contributed by atoms with Crippen LogP contribution in [0, 0.1) is 13.8 Å². The molecule has 0 aliphatic carbocycles. The van der Waals surface area contributed by atoms with E-state index >= 15 is 0 Å². The third-order valence-electron chi connectivity index (χ3n) is 2.39. The quantitative estimate of drug-likeness (QED) is 0.780. The highest BCUT2D eigenvalue weighted by Gasteiger charge is 2.08. The van der Waals surface area contributed by atoms with Gasteiger partial charge in [0.25, 0.3) is 0 Å². The molecule has 1 aromatic carbocycles. The van der Waals surface area contributed by atoms with Gasteiger partial charge in [-0.2, -0.15) is 0 Å². The van der Waals surface area contributed by atoms with Crippen LogP contribution in [0.2, 0.25) is 0 Å². The molecule has 0 fully saturated rings. The van der Waals surface area contributed by atoms with E-state index in [-0.39, 0.29) is 0 Å². The van der Waals surface area contributed by atoms with Crippen molar-refractivity contribution >= 4 is 22.9 Å². The van der Waals surface area contributed by atoms with Gasteiger partial charge >= 0.3 is 0 Å².